The Bertz CT molecular complexity index is 839. The Morgan fingerprint density at radius 2 is 1.79 bits per heavy atom. The molecule has 0 spiro atoms. The van der Waals surface area contributed by atoms with Crippen molar-refractivity contribution < 1.29 is 0 Å². The van der Waals surface area contributed by atoms with Crippen LogP contribution in [0.25, 0.3) is 11.4 Å². The largest absolute Gasteiger partial charge is 0.303 e. The van der Waals surface area contributed by atoms with Gasteiger partial charge < -0.3 is 4.57 Å². The van der Waals surface area contributed by atoms with Crippen LogP contribution >= 0.6 is 12.2 Å². The maximum Gasteiger partial charge on any atom is 0.199 e. The second-order valence-corrected chi connectivity index (χ2v) is 6.04. The van der Waals surface area contributed by atoms with E-state index in [1.165, 1.54) is 5.56 Å². The number of benzene rings is 1. The van der Waals surface area contributed by atoms with Gasteiger partial charge >= 0.3 is 0 Å². The highest BCUT2D eigenvalue weighted by atomic mass is 32.1. The van der Waals surface area contributed by atoms with Gasteiger partial charge in [-0.05, 0) is 36.5 Å². The molecule has 124 valence electrons. The van der Waals surface area contributed by atoms with Crippen LogP contribution in [0.4, 0.5) is 0 Å². The molecule has 0 aliphatic heterocycles. The number of aromatic nitrogens is 4. The highest BCUT2D eigenvalue weighted by Gasteiger charge is 2.12. The van der Waals surface area contributed by atoms with E-state index in [0.717, 1.165) is 24.5 Å². The van der Waals surface area contributed by atoms with Crippen molar-refractivity contribution in [3.8, 4) is 11.4 Å². The van der Waals surface area contributed by atoms with E-state index in [2.05, 4.69) is 41.1 Å². The zero-order valence-corrected chi connectivity index (χ0v) is 14.8. The Morgan fingerprint density at radius 1 is 1.08 bits per heavy atom. The van der Waals surface area contributed by atoms with Crippen molar-refractivity contribution in [1.82, 2.24) is 24.2 Å². The Morgan fingerprint density at radius 3 is 2.46 bits per heavy atom. The third-order valence-corrected chi connectivity index (χ3v) is 4.49. The average Bonchev–Trinajstić information content (AvgIpc) is 2.91. The normalized spacial score (nSPS) is 11.1. The molecule has 0 atom stereocenters. The van der Waals surface area contributed by atoms with Crippen LogP contribution in [0.2, 0.25) is 0 Å². The quantitative estimate of drug-likeness (QED) is 0.645. The zero-order valence-electron chi connectivity index (χ0n) is 14.0. The molecule has 0 N–H and O–H groups in total. The summed E-state index contributed by atoms with van der Waals surface area (Å²) in [7, 11) is 1.95. The van der Waals surface area contributed by atoms with E-state index in [1.807, 2.05) is 34.5 Å². The third-order valence-electron chi connectivity index (χ3n) is 4.01. The smallest absolute Gasteiger partial charge is 0.199 e. The van der Waals surface area contributed by atoms with E-state index >= 15 is 0 Å². The molecule has 0 saturated heterocycles. The third kappa shape index (κ3) is 3.60. The first-order valence-corrected chi connectivity index (χ1v) is 8.40. The van der Waals surface area contributed by atoms with Gasteiger partial charge in [-0.2, -0.15) is 5.10 Å². The molecule has 1 aromatic carbocycles. The molecular formula is C18H21N5S. The van der Waals surface area contributed by atoms with Gasteiger partial charge in [0.2, 0.25) is 0 Å². The summed E-state index contributed by atoms with van der Waals surface area (Å²) >= 11 is 5.57. The Labute approximate surface area is 147 Å². The first kappa shape index (κ1) is 16.5. The summed E-state index contributed by atoms with van der Waals surface area (Å²) in [4.78, 5) is 6.37. The lowest BCUT2D eigenvalue weighted by Crippen LogP contribution is -2.26. The molecule has 0 radical (unpaired) electrons. The van der Waals surface area contributed by atoms with Gasteiger partial charge in [0.05, 0.1) is 6.67 Å². The summed E-state index contributed by atoms with van der Waals surface area (Å²) in [6.07, 6.45) is 3.54. The van der Waals surface area contributed by atoms with Crippen molar-refractivity contribution >= 4 is 12.2 Å². The standard InChI is InChI=1S/C18H21N5S/c1-3-22(13-15-7-5-4-6-8-15)14-23-18(24)21(2)17(20-23)16-9-11-19-12-10-16/h4-12H,3,13-14H2,1-2H3. The Balaban J connectivity index is 1.83. The molecular weight excluding hydrogens is 318 g/mol. The van der Waals surface area contributed by atoms with Crippen molar-refractivity contribution in [1.29, 1.82) is 0 Å². The van der Waals surface area contributed by atoms with Gasteiger partial charge in [0, 0.05) is 31.5 Å². The maximum atomic E-state index is 5.57. The van der Waals surface area contributed by atoms with Gasteiger partial charge in [-0.1, -0.05) is 37.3 Å². The van der Waals surface area contributed by atoms with Gasteiger partial charge in [-0.3, -0.25) is 9.88 Å². The lowest BCUT2D eigenvalue weighted by atomic mass is 10.2. The number of rotatable bonds is 6. The van der Waals surface area contributed by atoms with E-state index in [1.54, 1.807) is 12.4 Å². The predicted octanol–water partition coefficient (Wildman–Crippen LogP) is 3.49. The van der Waals surface area contributed by atoms with Crippen LogP contribution in [0.3, 0.4) is 0 Å². The van der Waals surface area contributed by atoms with Crippen LogP contribution in [-0.2, 0) is 20.3 Å². The SMILES string of the molecule is CCN(Cc1ccccc1)Cn1nc(-c2ccncc2)n(C)c1=S. The number of hydrogen-bond donors (Lipinski definition) is 0. The summed E-state index contributed by atoms with van der Waals surface area (Å²) in [6, 6.07) is 14.3. The minimum Gasteiger partial charge on any atom is -0.303 e. The molecule has 0 unspecified atom stereocenters. The first-order valence-electron chi connectivity index (χ1n) is 7.99. The van der Waals surface area contributed by atoms with Gasteiger partial charge in [0.25, 0.3) is 0 Å². The second-order valence-electron chi connectivity index (χ2n) is 5.67. The highest BCUT2D eigenvalue weighted by molar-refractivity contribution is 7.71. The molecule has 3 aromatic rings. The molecule has 0 aliphatic rings. The monoisotopic (exact) mass is 339 g/mol. The van der Waals surface area contributed by atoms with Crippen LogP contribution < -0.4 is 0 Å². The molecule has 3 rings (SSSR count). The minimum absolute atomic E-state index is 0.670. The lowest BCUT2D eigenvalue weighted by molar-refractivity contribution is 0.207. The van der Waals surface area contributed by atoms with E-state index in [9.17, 15) is 0 Å². The summed E-state index contributed by atoms with van der Waals surface area (Å²) in [5.41, 5.74) is 2.31. The molecule has 2 heterocycles. The lowest BCUT2D eigenvalue weighted by Gasteiger charge is -2.20. The summed E-state index contributed by atoms with van der Waals surface area (Å²) in [6.45, 7) is 4.63. The molecule has 24 heavy (non-hydrogen) atoms. The molecule has 0 aliphatic carbocycles. The van der Waals surface area contributed by atoms with Crippen LogP contribution in [0, 0.1) is 4.77 Å². The number of pyridine rings is 1. The van der Waals surface area contributed by atoms with E-state index in [4.69, 9.17) is 17.3 Å². The first-order chi connectivity index (χ1) is 11.7. The van der Waals surface area contributed by atoms with Crippen molar-refractivity contribution in [3.63, 3.8) is 0 Å². The summed E-state index contributed by atoms with van der Waals surface area (Å²) in [5, 5.41) is 4.71. The van der Waals surface area contributed by atoms with Crippen LogP contribution in [0.15, 0.2) is 54.9 Å². The minimum atomic E-state index is 0.670. The summed E-state index contributed by atoms with van der Waals surface area (Å²) in [5.74, 6) is 0.859. The van der Waals surface area contributed by atoms with E-state index < -0.39 is 0 Å². The van der Waals surface area contributed by atoms with Crippen LogP contribution in [-0.4, -0.2) is 30.8 Å². The fraction of sp³-hybridized carbons (Fsp3) is 0.278. The fourth-order valence-corrected chi connectivity index (χ4v) is 2.81. The predicted molar refractivity (Wildman–Crippen MR) is 97.8 cm³/mol. The van der Waals surface area contributed by atoms with Crippen molar-refractivity contribution in [3.05, 3.63) is 65.2 Å². The van der Waals surface area contributed by atoms with Crippen molar-refractivity contribution in [2.45, 2.75) is 20.1 Å². The molecule has 0 amide bonds. The average molecular weight is 339 g/mol. The van der Waals surface area contributed by atoms with Gasteiger partial charge in [0.1, 0.15) is 0 Å². The number of hydrogen-bond acceptors (Lipinski definition) is 4. The van der Waals surface area contributed by atoms with Crippen molar-refractivity contribution in [2.75, 3.05) is 6.54 Å². The number of nitrogens with zero attached hydrogens (tertiary/aromatic N) is 5. The molecule has 0 bridgehead atoms. The molecule has 5 nitrogen and oxygen atoms in total. The maximum absolute atomic E-state index is 5.57. The van der Waals surface area contributed by atoms with Crippen LogP contribution in [0.1, 0.15) is 12.5 Å². The molecule has 0 saturated carbocycles. The van der Waals surface area contributed by atoms with Crippen LogP contribution in [0.5, 0.6) is 0 Å². The zero-order chi connectivity index (χ0) is 16.9. The van der Waals surface area contributed by atoms with Gasteiger partial charge in [0.15, 0.2) is 10.6 Å². The van der Waals surface area contributed by atoms with Crippen molar-refractivity contribution in [2.24, 2.45) is 7.05 Å². The second kappa shape index (κ2) is 7.51. The van der Waals surface area contributed by atoms with E-state index in [0.29, 0.717) is 11.4 Å². The Kier molecular flexibility index (Phi) is 5.17. The Hall–Kier alpha value is -2.31. The topological polar surface area (TPSA) is 38.9 Å². The van der Waals surface area contributed by atoms with Gasteiger partial charge in [-0.25, -0.2) is 4.68 Å². The van der Waals surface area contributed by atoms with E-state index in [-0.39, 0.29) is 0 Å². The molecule has 6 heteroatoms. The highest BCUT2D eigenvalue weighted by Crippen LogP contribution is 2.16. The van der Waals surface area contributed by atoms with Gasteiger partial charge in [-0.15, -0.1) is 0 Å². The fourth-order valence-electron chi connectivity index (χ4n) is 2.63. The summed E-state index contributed by atoms with van der Waals surface area (Å²) < 4.78 is 4.55. The molecule has 0 fully saturated rings. The molecule has 2 aromatic heterocycles.